The molecule has 5 atom stereocenters. The lowest BCUT2D eigenvalue weighted by Crippen LogP contribution is -2.56. The topological polar surface area (TPSA) is 29.3 Å². The van der Waals surface area contributed by atoms with Gasteiger partial charge in [-0.15, -0.1) is 0 Å². The molecule has 1 aliphatic carbocycles. The molecule has 1 aliphatic heterocycles. The highest BCUT2D eigenvalue weighted by Crippen LogP contribution is 2.40. The number of nitrogens with two attached hydrogens (primary N) is 1. The summed E-state index contributed by atoms with van der Waals surface area (Å²) in [5.41, 5.74) is 6.90. The number of rotatable bonds is 1. The van der Waals surface area contributed by atoms with Gasteiger partial charge in [0.25, 0.3) is 0 Å². The van der Waals surface area contributed by atoms with Gasteiger partial charge in [0.05, 0.1) is 0 Å². The molecule has 19 heavy (non-hydrogen) atoms. The summed E-state index contributed by atoms with van der Waals surface area (Å²) in [6.07, 6.45) is 5.23. The normalized spacial score (nSPS) is 42.3. The first-order valence-electron chi connectivity index (χ1n) is 8.27. The molecule has 0 aromatic carbocycles. The Balaban J connectivity index is 2.04. The number of hydrogen-bond donors (Lipinski definition) is 1. The largest absolute Gasteiger partial charge is 0.326 e. The average molecular weight is 266 g/mol. The van der Waals surface area contributed by atoms with Crippen LogP contribution in [0.25, 0.3) is 0 Å². The molecule has 5 unspecified atom stereocenters. The fourth-order valence-corrected chi connectivity index (χ4v) is 4.36. The van der Waals surface area contributed by atoms with Gasteiger partial charge in [-0.3, -0.25) is 4.90 Å². The Morgan fingerprint density at radius 2 is 1.53 bits per heavy atom. The Morgan fingerprint density at radius 1 is 0.947 bits per heavy atom. The molecule has 2 nitrogen and oxygen atoms in total. The van der Waals surface area contributed by atoms with E-state index in [-0.39, 0.29) is 0 Å². The van der Waals surface area contributed by atoms with E-state index in [0.29, 0.717) is 17.5 Å². The van der Waals surface area contributed by atoms with Crippen LogP contribution in [0, 0.1) is 23.2 Å². The highest BCUT2D eigenvalue weighted by Gasteiger charge is 2.38. The standard InChI is InChI=1S/C17H34N2/c1-12-8-13(2)11-19(10-12)16-9-14(17(3,4)5)6-7-15(16)18/h12-16H,6-11,18H2,1-5H3. The van der Waals surface area contributed by atoms with E-state index in [0.717, 1.165) is 17.8 Å². The van der Waals surface area contributed by atoms with E-state index < -0.39 is 0 Å². The fraction of sp³-hybridized carbons (Fsp3) is 1.00. The summed E-state index contributed by atoms with van der Waals surface area (Å²) in [7, 11) is 0. The maximum absolute atomic E-state index is 6.46. The molecule has 0 amide bonds. The summed E-state index contributed by atoms with van der Waals surface area (Å²) in [6, 6.07) is 1.03. The van der Waals surface area contributed by atoms with Crippen molar-refractivity contribution in [2.24, 2.45) is 28.9 Å². The quantitative estimate of drug-likeness (QED) is 0.787. The van der Waals surface area contributed by atoms with Crippen molar-refractivity contribution in [3.8, 4) is 0 Å². The predicted molar refractivity (Wildman–Crippen MR) is 83.1 cm³/mol. The third-order valence-electron chi connectivity index (χ3n) is 5.46. The van der Waals surface area contributed by atoms with E-state index in [9.17, 15) is 0 Å². The van der Waals surface area contributed by atoms with Crippen LogP contribution in [-0.2, 0) is 0 Å². The van der Waals surface area contributed by atoms with Crippen molar-refractivity contribution in [1.29, 1.82) is 0 Å². The SMILES string of the molecule is CC1CC(C)CN(C2CC(C(C)(C)C)CCC2N)C1. The Hall–Kier alpha value is -0.0800. The lowest BCUT2D eigenvalue weighted by atomic mass is 9.69. The Kier molecular flexibility index (Phi) is 4.62. The smallest absolute Gasteiger partial charge is 0.0250 e. The van der Waals surface area contributed by atoms with Gasteiger partial charge in [0.2, 0.25) is 0 Å². The molecule has 2 aliphatic rings. The van der Waals surface area contributed by atoms with Gasteiger partial charge in [0.1, 0.15) is 0 Å². The molecule has 1 saturated heterocycles. The molecular formula is C17H34N2. The molecule has 1 heterocycles. The fourth-order valence-electron chi connectivity index (χ4n) is 4.36. The molecule has 112 valence electrons. The van der Waals surface area contributed by atoms with Crippen LogP contribution in [0.15, 0.2) is 0 Å². The minimum absolute atomic E-state index is 0.399. The first-order valence-corrected chi connectivity index (χ1v) is 8.27. The maximum Gasteiger partial charge on any atom is 0.0250 e. The molecule has 2 heteroatoms. The minimum Gasteiger partial charge on any atom is -0.326 e. The second-order valence-electron chi connectivity index (χ2n) is 8.51. The number of hydrogen-bond acceptors (Lipinski definition) is 2. The van der Waals surface area contributed by atoms with Crippen molar-refractivity contribution in [2.75, 3.05) is 13.1 Å². The summed E-state index contributed by atoms with van der Waals surface area (Å²) < 4.78 is 0. The molecule has 2 rings (SSSR count). The molecule has 0 aromatic heterocycles. The Bertz CT molecular complexity index is 284. The van der Waals surface area contributed by atoms with Gasteiger partial charge in [0, 0.05) is 25.2 Å². The second-order valence-corrected chi connectivity index (χ2v) is 8.51. The summed E-state index contributed by atoms with van der Waals surface area (Å²) in [6.45, 7) is 14.5. The summed E-state index contributed by atoms with van der Waals surface area (Å²) >= 11 is 0. The molecule has 0 spiro atoms. The Morgan fingerprint density at radius 3 is 2.05 bits per heavy atom. The third-order valence-corrected chi connectivity index (χ3v) is 5.46. The van der Waals surface area contributed by atoms with E-state index in [1.807, 2.05) is 0 Å². The van der Waals surface area contributed by atoms with Crippen molar-refractivity contribution < 1.29 is 0 Å². The van der Waals surface area contributed by atoms with Gasteiger partial charge in [-0.1, -0.05) is 34.6 Å². The highest BCUT2D eigenvalue weighted by molar-refractivity contribution is 4.94. The zero-order chi connectivity index (χ0) is 14.2. The van der Waals surface area contributed by atoms with Crippen LogP contribution in [0.1, 0.15) is 60.3 Å². The van der Waals surface area contributed by atoms with Crippen LogP contribution < -0.4 is 5.73 Å². The number of piperidine rings is 1. The van der Waals surface area contributed by atoms with Crippen LogP contribution >= 0.6 is 0 Å². The van der Waals surface area contributed by atoms with Gasteiger partial charge in [-0.25, -0.2) is 0 Å². The first kappa shape index (κ1) is 15.3. The molecule has 0 bridgehead atoms. The second kappa shape index (κ2) is 5.73. The molecular weight excluding hydrogens is 232 g/mol. The van der Waals surface area contributed by atoms with Crippen molar-refractivity contribution in [3.63, 3.8) is 0 Å². The van der Waals surface area contributed by atoms with Crippen molar-refractivity contribution in [3.05, 3.63) is 0 Å². The minimum atomic E-state index is 0.399. The lowest BCUT2D eigenvalue weighted by Gasteiger charge is -2.48. The predicted octanol–water partition coefficient (Wildman–Crippen LogP) is 3.51. The van der Waals surface area contributed by atoms with Crippen molar-refractivity contribution in [2.45, 2.75) is 72.4 Å². The third kappa shape index (κ3) is 3.72. The van der Waals surface area contributed by atoms with Gasteiger partial charge in [-0.2, -0.15) is 0 Å². The van der Waals surface area contributed by atoms with E-state index in [2.05, 4.69) is 39.5 Å². The van der Waals surface area contributed by atoms with Crippen LogP contribution in [0.3, 0.4) is 0 Å². The van der Waals surface area contributed by atoms with E-state index in [1.54, 1.807) is 0 Å². The van der Waals surface area contributed by atoms with Gasteiger partial charge < -0.3 is 5.73 Å². The Labute approximate surface area is 120 Å². The first-order chi connectivity index (χ1) is 8.77. The molecule has 0 radical (unpaired) electrons. The maximum atomic E-state index is 6.46. The van der Waals surface area contributed by atoms with Crippen molar-refractivity contribution in [1.82, 2.24) is 4.90 Å². The van der Waals surface area contributed by atoms with Crippen LogP contribution in [0.2, 0.25) is 0 Å². The summed E-state index contributed by atoms with van der Waals surface area (Å²) in [4.78, 5) is 2.72. The van der Waals surface area contributed by atoms with Gasteiger partial charge in [-0.05, 0) is 48.9 Å². The van der Waals surface area contributed by atoms with E-state index >= 15 is 0 Å². The molecule has 1 saturated carbocycles. The van der Waals surface area contributed by atoms with E-state index in [4.69, 9.17) is 5.73 Å². The zero-order valence-corrected chi connectivity index (χ0v) is 13.7. The molecule has 2 fully saturated rings. The summed E-state index contributed by atoms with van der Waals surface area (Å²) in [5, 5.41) is 0. The molecule has 0 aromatic rings. The van der Waals surface area contributed by atoms with Crippen LogP contribution in [0.4, 0.5) is 0 Å². The average Bonchev–Trinajstić information content (AvgIpc) is 2.26. The van der Waals surface area contributed by atoms with Gasteiger partial charge in [0.15, 0.2) is 0 Å². The highest BCUT2D eigenvalue weighted by atomic mass is 15.2. The summed E-state index contributed by atoms with van der Waals surface area (Å²) in [5.74, 6) is 2.52. The van der Waals surface area contributed by atoms with Crippen LogP contribution in [-0.4, -0.2) is 30.1 Å². The van der Waals surface area contributed by atoms with Crippen LogP contribution in [0.5, 0.6) is 0 Å². The number of likely N-dealkylation sites (tertiary alicyclic amines) is 1. The number of nitrogens with zero attached hydrogens (tertiary/aromatic N) is 1. The lowest BCUT2D eigenvalue weighted by molar-refractivity contribution is 0.0296. The van der Waals surface area contributed by atoms with E-state index in [1.165, 1.54) is 38.8 Å². The molecule has 2 N–H and O–H groups in total. The van der Waals surface area contributed by atoms with Gasteiger partial charge >= 0.3 is 0 Å². The van der Waals surface area contributed by atoms with Crippen molar-refractivity contribution >= 4 is 0 Å². The monoisotopic (exact) mass is 266 g/mol. The zero-order valence-electron chi connectivity index (χ0n) is 13.7.